The zero-order valence-electron chi connectivity index (χ0n) is 18.3. The number of nitrogens with two attached hydrogens (primary N) is 1. The topological polar surface area (TPSA) is 81.9 Å². The molecule has 3 fully saturated rings. The summed E-state index contributed by atoms with van der Waals surface area (Å²) in [6.07, 6.45) is 7.73. The fraction of sp³-hybridized carbons (Fsp3) is 0.462. The van der Waals surface area contributed by atoms with Crippen LogP contribution in [-0.4, -0.2) is 31.1 Å². The van der Waals surface area contributed by atoms with Gasteiger partial charge in [0.15, 0.2) is 11.5 Å². The average Bonchev–Trinajstić information content (AvgIpc) is 3.33. The van der Waals surface area contributed by atoms with Crippen molar-refractivity contribution in [3.05, 3.63) is 53.6 Å². The first kappa shape index (κ1) is 20.9. The average molecular weight is 435 g/mol. The van der Waals surface area contributed by atoms with E-state index in [1.54, 1.807) is 23.1 Å². The summed E-state index contributed by atoms with van der Waals surface area (Å²) >= 11 is 0. The maximum absolute atomic E-state index is 12.8. The van der Waals surface area contributed by atoms with Crippen molar-refractivity contribution in [3.8, 4) is 11.5 Å². The number of ether oxygens (including phenoxy) is 2. The molecule has 0 unspecified atom stereocenters. The van der Waals surface area contributed by atoms with Gasteiger partial charge in [0.2, 0.25) is 11.8 Å². The summed E-state index contributed by atoms with van der Waals surface area (Å²) in [6, 6.07) is 13.1. The van der Waals surface area contributed by atoms with Crippen molar-refractivity contribution in [2.24, 2.45) is 11.7 Å². The van der Waals surface area contributed by atoms with Crippen LogP contribution in [0.5, 0.6) is 11.5 Å². The van der Waals surface area contributed by atoms with E-state index >= 15 is 0 Å². The van der Waals surface area contributed by atoms with Gasteiger partial charge in [0.25, 0.3) is 0 Å². The van der Waals surface area contributed by atoms with Gasteiger partial charge in [-0.15, -0.1) is 0 Å². The number of hydrogen-bond acceptors (Lipinski definition) is 4. The van der Waals surface area contributed by atoms with Gasteiger partial charge in [-0.2, -0.15) is 0 Å². The second kappa shape index (κ2) is 8.85. The van der Waals surface area contributed by atoms with E-state index in [2.05, 4.69) is 12.1 Å². The highest BCUT2D eigenvalue weighted by Crippen LogP contribution is 2.39. The minimum atomic E-state index is -0.495. The Morgan fingerprint density at radius 2 is 1.84 bits per heavy atom. The predicted octanol–water partition coefficient (Wildman–Crippen LogP) is 4.42. The molecule has 1 atom stereocenters. The van der Waals surface area contributed by atoms with Crippen molar-refractivity contribution in [1.82, 2.24) is 0 Å². The highest BCUT2D eigenvalue weighted by atomic mass is 16.5. The molecule has 6 heteroatoms. The fourth-order valence-corrected chi connectivity index (χ4v) is 4.68. The molecule has 1 saturated heterocycles. The molecule has 1 aliphatic heterocycles. The molecule has 0 radical (unpaired) electrons. The normalized spacial score (nSPS) is 21.2. The van der Waals surface area contributed by atoms with Gasteiger partial charge >= 0.3 is 0 Å². The number of amides is 2. The molecule has 1 heterocycles. The zero-order valence-corrected chi connectivity index (χ0v) is 18.3. The third-order valence-electron chi connectivity index (χ3n) is 6.77. The number of carbonyl (C=O) groups is 2. The monoisotopic (exact) mass is 434 g/mol. The van der Waals surface area contributed by atoms with Crippen LogP contribution in [0.3, 0.4) is 0 Å². The molecule has 2 saturated carbocycles. The van der Waals surface area contributed by atoms with E-state index in [9.17, 15) is 9.59 Å². The maximum Gasteiger partial charge on any atom is 0.248 e. The summed E-state index contributed by atoms with van der Waals surface area (Å²) in [4.78, 5) is 26.1. The minimum absolute atomic E-state index is 0.0453. The van der Waals surface area contributed by atoms with Gasteiger partial charge in [0.1, 0.15) is 0 Å². The first-order valence-electron chi connectivity index (χ1n) is 11.7. The Kier molecular flexibility index (Phi) is 5.77. The SMILES string of the molecule is NC(=O)c1cccc(N2C[C@H](c3ccc(OCC4CC4)c(OC4CCCC4)c3)CC2=O)c1. The molecule has 32 heavy (non-hydrogen) atoms. The molecule has 2 aliphatic carbocycles. The van der Waals surface area contributed by atoms with Crippen molar-refractivity contribution < 1.29 is 19.1 Å². The van der Waals surface area contributed by atoms with Crippen molar-refractivity contribution in [2.75, 3.05) is 18.1 Å². The molecule has 2 aromatic carbocycles. The quantitative estimate of drug-likeness (QED) is 0.667. The smallest absolute Gasteiger partial charge is 0.248 e. The highest BCUT2D eigenvalue weighted by molar-refractivity contribution is 5.99. The third kappa shape index (κ3) is 4.59. The Labute approximate surface area is 188 Å². The Bertz CT molecular complexity index is 1010. The first-order valence-corrected chi connectivity index (χ1v) is 11.7. The minimum Gasteiger partial charge on any atom is -0.489 e. The summed E-state index contributed by atoms with van der Waals surface area (Å²) in [6.45, 7) is 1.30. The Morgan fingerprint density at radius 1 is 1.03 bits per heavy atom. The van der Waals surface area contributed by atoms with Crippen LogP contribution >= 0.6 is 0 Å². The summed E-state index contributed by atoms with van der Waals surface area (Å²) in [5.41, 5.74) is 7.61. The summed E-state index contributed by atoms with van der Waals surface area (Å²) in [7, 11) is 0. The van der Waals surface area contributed by atoms with E-state index in [1.165, 1.54) is 25.7 Å². The molecule has 2 aromatic rings. The maximum atomic E-state index is 12.8. The van der Waals surface area contributed by atoms with Gasteiger partial charge < -0.3 is 20.1 Å². The van der Waals surface area contributed by atoms with Gasteiger partial charge in [0.05, 0.1) is 12.7 Å². The van der Waals surface area contributed by atoms with Crippen molar-refractivity contribution >= 4 is 17.5 Å². The molecule has 0 aromatic heterocycles. The predicted molar refractivity (Wildman–Crippen MR) is 122 cm³/mol. The van der Waals surface area contributed by atoms with E-state index in [0.717, 1.165) is 36.5 Å². The van der Waals surface area contributed by atoms with Crippen LogP contribution in [0, 0.1) is 5.92 Å². The van der Waals surface area contributed by atoms with Crippen LogP contribution in [0.15, 0.2) is 42.5 Å². The third-order valence-corrected chi connectivity index (χ3v) is 6.77. The number of hydrogen-bond donors (Lipinski definition) is 1. The van der Waals surface area contributed by atoms with Crippen molar-refractivity contribution in [3.63, 3.8) is 0 Å². The molecule has 5 rings (SSSR count). The second-order valence-corrected chi connectivity index (χ2v) is 9.30. The number of rotatable bonds is 8. The van der Waals surface area contributed by atoms with Crippen LogP contribution < -0.4 is 20.1 Å². The van der Waals surface area contributed by atoms with Gasteiger partial charge in [0, 0.05) is 30.1 Å². The van der Waals surface area contributed by atoms with Crippen LogP contribution in [0.2, 0.25) is 0 Å². The molecule has 2 N–H and O–H groups in total. The lowest BCUT2D eigenvalue weighted by Gasteiger charge is -2.20. The number of benzene rings is 2. The van der Waals surface area contributed by atoms with Crippen LogP contribution in [0.4, 0.5) is 5.69 Å². The molecule has 0 spiro atoms. The molecule has 3 aliphatic rings. The van der Waals surface area contributed by atoms with E-state index in [1.807, 2.05) is 12.1 Å². The summed E-state index contributed by atoms with van der Waals surface area (Å²) in [5.74, 6) is 1.89. The number of carbonyl (C=O) groups excluding carboxylic acids is 2. The molecule has 6 nitrogen and oxygen atoms in total. The van der Waals surface area contributed by atoms with Gasteiger partial charge in [-0.25, -0.2) is 0 Å². The standard InChI is InChI=1S/C26H30N2O4/c27-26(30)19-4-3-5-21(12-19)28-15-20(14-25(28)29)18-10-11-23(31-16-17-8-9-17)24(13-18)32-22-6-1-2-7-22/h3-5,10-13,17,20,22H,1-2,6-9,14-16H2,(H2,27,30)/t20-/m1/s1. The van der Waals surface area contributed by atoms with E-state index in [0.29, 0.717) is 30.1 Å². The van der Waals surface area contributed by atoms with E-state index < -0.39 is 5.91 Å². The molecular weight excluding hydrogens is 404 g/mol. The molecule has 2 amide bonds. The van der Waals surface area contributed by atoms with Crippen LogP contribution in [-0.2, 0) is 4.79 Å². The lowest BCUT2D eigenvalue weighted by molar-refractivity contribution is -0.117. The molecule has 0 bridgehead atoms. The highest BCUT2D eigenvalue weighted by Gasteiger charge is 2.33. The van der Waals surface area contributed by atoms with Gasteiger partial charge in [-0.1, -0.05) is 12.1 Å². The van der Waals surface area contributed by atoms with Gasteiger partial charge in [-0.3, -0.25) is 9.59 Å². The molecule has 168 valence electrons. The Morgan fingerprint density at radius 3 is 2.59 bits per heavy atom. The van der Waals surface area contributed by atoms with Gasteiger partial charge in [-0.05, 0) is 80.3 Å². The fourth-order valence-electron chi connectivity index (χ4n) is 4.68. The van der Waals surface area contributed by atoms with Crippen LogP contribution in [0.25, 0.3) is 0 Å². The zero-order chi connectivity index (χ0) is 22.1. The van der Waals surface area contributed by atoms with Crippen molar-refractivity contribution in [2.45, 2.75) is 57.0 Å². The lowest BCUT2D eigenvalue weighted by Crippen LogP contribution is -2.24. The summed E-state index contributed by atoms with van der Waals surface area (Å²) < 4.78 is 12.5. The Hall–Kier alpha value is -3.02. The number of primary amides is 1. The summed E-state index contributed by atoms with van der Waals surface area (Å²) in [5, 5.41) is 0. The molecular formula is C26H30N2O4. The van der Waals surface area contributed by atoms with Crippen LogP contribution in [0.1, 0.15) is 66.8 Å². The lowest BCUT2D eigenvalue weighted by atomic mass is 9.98. The first-order chi connectivity index (χ1) is 15.6. The second-order valence-electron chi connectivity index (χ2n) is 9.30. The Balaban J connectivity index is 1.35. The van der Waals surface area contributed by atoms with Crippen molar-refractivity contribution in [1.29, 1.82) is 0 Å². The van der Waals surface area contributed by atoms with E-state index in [-0.39, 0.29) is 17.9 Å². The number of nitrogens with zero attached hydrogens (tertiary/aromatic N) is 1. The van der Waals surface area contributed by atoms with E-state index in [4.69, 9.17) is 15.2 Å². The number of anilines is 1. The largest absolute Gasteiger partial charge is 0.489 e.